The van der Waals surface area contributed by atoms with Crippen molar-refractivity contribution in [3.63, 3.8) is 0 Å². The van der Waals surface area contributed by atoms with Crippen LogP contribution in [0.2, 0.25) is 0 Å². The standard InChI is InChI=1S/C10H10F3N3O/c1-3-5-17-8-6-7(14-4-2)15-9(16-8)10(11,12)13/h1,6H,4-5H2,2H3,(H,14,15,16). The molecule has 0 aliphatic carbocycles. The van der Waals surface area contributed by atoms with Gasteiger partial charge in [-0.25, -0.2) is 4.98 Å². The molecule has 0 saturated heterocycles. The van der Waals surface area contributed by atoms with Gasteiger partial charge in [0, 0.05) is 12.6 Å². The molecule has 0 atom stereocenters. The molecule has 92 valence electrons. The largest absolute Gasteiger partial charge is 0.464 e. The van der Waals surface area contributed by atoms with Crippen LogP contribution >= 0.6 is 0 Å². The maximum absolute atomic E-state index is 12.5. The Morgan fingerprint density at radius 2 is 2.18 bits per heavy atom. The summed E-state index contributed by atoms with van der Waals surface area (Å²) in [5, 5.41) is 2.65. The molecule has 0 amide bonds. The average Bonchev–Trinajstić information content (AvgIpc) is 2.25. The Labute approximate surface area is 96.2 Å². The summed E-state index contributed by atoms with van der Waals surface area (Å²) in [6.07, 6.45) is 0.315. The molecule has 0 fully saturated rings. The van der Waals surface area contributed by atoms with Crippen molar-refractivity contribution in [3.8, 4) is 18.2 Å². The van der Waals surface area contributed by atoms with E-state index in [1.807, 2.05) is 0 Å². The zero-order valence-corrected chi connectivity index (χ0v) is 9.01. The lowest BCUT2D eigenvalue weighted by molar-refractivity contribution is -0.145. The predicted octanol–water partition coefficient (Wildman–Crippen LogP) is 1.94. The molecular weight excluding hydrogens is 235 g/mol. The zero-order valence-electron chi connectivity index (χ0n) is 9.01. The minimum Gasteiger partial charge on any atom is -0.464 e. The Hall–Kier alpha value is -1.97. The van der Waals surface area contributed by atoms with Crippen LogP contribution in [0, 0.1) is 12.3 Å². The van der Waals surface area contributed by atoms with Crippen LogP contribution in [0.25, 0.3) is 0 Å². The van der Waals surface area contributed by atoms with Crippen LogP contribution in [0.1, 0.15) is 12.7 Å². The molecule has 7 heteroatoms. The van der Waals surface area contributed by atoms with E-state index in [2.05, 4.69) is 21.2 Å². The smallest absolute Gasteiger partial charge is 0.451 e. The highest BCUT2D eigenvalue weighted by atomic mass is 19.4. The molecule has 0 radical (unpaired) electrons. The van der Waals surface area contributed by atoms with Gasteiger partial charge in [-0.1, -0.05) is 5.92 Å². The average molecular weight is 245 g/mol. The third-order valence-corrected chi connectivity index (χ3v) is 1.62. The maximum atomic E-state index is 12.5. The van der Waals surface area contributed by atoms with E-state index in [9.17, 15) is 13.2 Å². The van der Waals surface area contributed by atoms with Gasteiger partial charge in [0.2, 0.25) is 11.7 Å². The second-order valence-electron chi connectivity index (χ2n) is 2.94. The Morgan fingerprint density at radius 3 is 2.71 bits per heavy atom. The topological polar surface area (TPSA) is 47.0 Å². The number of anilines is 1. The van der Waals surface area contributed by atoms with Crippen LogP contribution in [0.3, 0.4) is 0 Å². The van der Waals surface area contributed by atoms with Crippen molar-refractivity contribution < 1.29 is 17.9 Å². The lowest BCUT2D eigenvalue weighted by Crippen LogP contribution is -2.14. The first kappa shape index (κ1) is 13.1. The molecule has 0 aliphatic heterocycles. The molecule has 0 aliphatic rings. The van der Waals surface area contributed by atoms with Crippen LogP contribution < -0.4 is 10.1 Å². The van der Waals surface area contributed by atoms with Crippen molar-refractivity contribution in [3.05, 3.63) is 11.9 Å². The van der Waals surface area contributed by atoms with Gasteiger partial charge in [-0.2, -0.15) is 18.2 Å². The first-order chi connectivity index (χ1) is 7.97. The van der Waals surface area contributed by atoms with Gasteiger partial charge in [-0.05, 0) is 6.92 Å². The molecule has 1 aromatic heterocycles. The van der Waals surface area contributed by atoms with Crippen molar-refractivity contribution in [2.24, 2.45) is 0 Å². The Balaban J connectivity index is 3.06. The molecule has 1 heterocycles. The number of nitrogens with zero attached hydrogens (tertiary/aromatic N) is 2. The molecule has 0 aromatic carbocycles. The molecule has 0 bridgehead atoms. The van der Waals surface area contributed by atoms with Crippen molar-refractivity contribution in [1.29, 1.82) is 0 Å². The van der Waals surface area contributed by atoms with E-state index in [0.29, 0.717) is 6.54 Å². The first-order valence-electron chi connectivity index (χ1n) is 4.73. The van der Waals surface area contributed by atoms with Gasteiger partial charge < -0.3 is 10.1 Å². The van der Waals surface area contributed by atoms with Gasteiger partial charge in [-0.3, -0.25) is 0 Å². The third-order valence-electron chi connectivity index (χ3n) is 1.62. The molecule has 0 spiro atoms. The van der Waals surface area contributed by atoms with Gasteiger partial charge >= 0.3 is 6.18 Å². The lowest BCUT2D eigenvalue weighted by Gasteiger charge is -2.10. The number of alkyl halides is 3. The highest BCUT2D eigenvalue weighted by Crippen LogP contribution is 2.28. The lowest BCUT2D eigenvalue weighted by atomic mass is 10.5. The quantitative estimate of drug-likeness (QED) is 0.823. The zero-order chi connectivity index (χ0) is 12.9. The van der Waals surface area contributed by atoms with Gasteiger partial charge in [0.1, 0.15) is 5.82 Å². The number of hydrogen-bond acceptors (Lipinski definition) is 4. The van der Waals surface area contributed by atoms with E-state index < -0.39 is 12.0 Å². The van der Waals surface area contributed by atoms with Crippen molar-refractivity contribution in [2.75, 3.05) is 18.5 Å². The van der Waals surface area contributed by atoms with E-state index >= 15 is 0 Å². The van der Waals surface area contributed by atoms with Gasteiger partial charge in [-0.15, -0.1) is 6.42 Å². The Bertz CT molecular complexity index is 426. The number of nitrogens with one attached hydrogen (secondary N) is 1. The Kier molecular flexibility index (Phi) is 4.15. The summed E-state index contributed by atoms with van der Waals surface area (Å²) in [7, 11) is 0. The second kappa shape index (κ2) is 5.39. The van der Waals surface area contributed by atoms with Crippen molar-refractivity contribution >= 4 is 5.82 Å². The second-order valence-corrected chi connectivity index (χ2v) is 2.94. The van der Waals surface area contributed by atoms with E-state index in [-0.39, 0.29) is 18.3 Å². The fourth-order valence-corrected chi connectivity index (χ4v) is 1.01. The molecule has 4 nitrogen and oxygen atoms in total. The maximum Gasteiger partial charge on any atom is 0.451 e. The SMILES string of the molecule is C#CCOc1cc(NCC)nc(C(F)(F)F)n1. The van der Waals surface area contributed by atoms with Crippen molar-refractivity contribution in [1.82, 2.24) is 9.97 Å². The number of halogens is 3. The van der Waals surface area contributed by atoms with Gasteiger partial charge in [0.25, 0.3) is 0 Å². The number of ether oxygens (including phenoxy) is 1. The summed E-state index contributed by atoms with van der Waals surface area (Å²) < 4.78 is 42.2. The minimum atomic E-state index is -4.63. The molecule has 17 heavy (non-hydrogen) atoms. The summed E-state index contributed by atoms with van der Waals surface area (Å²) >= 11 is 0. The Morgan fingerprint density at radius 1 is 1.47 bits per heavy atom. The summed E-state index contributed by atoms with van der Waals surface area (Å²) in [5.74, 6) is 0.717. The van der Waals surface area contributed by atoms with Crippen LogP contribution in [0.15, 0.2) is 6.07 Å². The van der Waals surface area contributed by atoms with E-state index in [0.717, 1.165) is 0 Å². The summed E-state index contributed by atoms with van der Waals surface area (Å²) in [6, 6.07) is 1.26. The molecule has 1 N–H and O–H groups in total. The molecular formula is C10H10F3N3O. The number of rotatable bonds is 4. The molecule has 0 saturated carbocycles. The highest BCUT2D eigenvalue weighted by Gasteiger charge is 2.35. The minimum absolute atomic E-state index is 0.0434. The third kappa shape index (κ3) is 3.83. The highest BCUT2D eigenvalue weighted by molar-refractivity contribution is 5.38. The van der Waals surface area contributed by atoms with Gasteiger partial charge in [0.15, 0.2) is 6.61 Å². The first-order valence-corrected chi connectivity index (χ1v) is 4.73. The molecule has 0 unspecified atom stereocenters. The monoisotopic (exact) mass is 245 g/mol. The summed E-state index contributed by atoms with van der Waals surface area (Å²) in [4.78, 5) is 6.55. The number of hydrogen-bond donors (Lipinski definition) is 1. The van der Waals surface area contributed by atoms with E-state index in [1.165, 1.54) is 6.07 Å². The fourth-order valence-electron chi connectivity index (χ4n) is 1.01. The van der Waals surface area contributed by atoms with Gasteiger partial charge in [0.05, 0.1) is 0 Å². The van der Waals surface area contributed by atoms with Crippen LogP contribution in [0.4, 0.5) is 19.0 Å². The van der Waals surface area contributed by atoms with Crippen LogP contribution in [0.5, 0.6) is 5.88 Å². The number of terminal acetylenes is 1. The van der Waals surface area contributed by atoms with E-state index in [4.69, 9.17) is 11.2 Å². The molecule has 1 aromatic rings. The normalized spacial score (nSPS) is 10.8. The summed E-state index contributed by atoms with van der Waals surface area (Å²) in [5.41, 5.74) is 0. The fraction of sp³-hybridized carbons (Fsp3) is 0.400. The van der Waals surface area contributed by atoms with Crippen molar-refractivity contribution in [2.45, 2.75) is 13.1 Å². The van der Waals surface area contributed by atoms with Crippen LogP contribution in [-0.4, -0.2) is 23.1 Å². The summed E-state index contributed by atoms with van der Waals surface area (Å²) in [6.45, 7) is 2.01. The number of aromatic nitrogens is 2. The predicted molar refractivity (Wildman–Crippen MR) is 55.5 cm³/mol. The van der Waals surface area contributed by atoms with Crippen LogP contribution in [-0.2, 0) is 6.18 Å². The molecule has 1 rings (SSSR count). The van der Waals surface area contributed by atoms with E-state index in [1.54, 1.807) is 6.92 Å².